The fourth-order valence-corrected chi connectivity index (χ4v) is 4.73. The van der Waals surface area contributed by atoms with E-state index in [1.807, 2.05) is 18.6 Å². The second kappa shape index (κ2) is 7.76. The molecule has 4 heterocycles. The summed E-state index contributed by atoms with van der Waals surface area (Å²) in [5, 5.41) is 6.71. The van der Waals surface area contributed by atoms with Gasteiger partial charge in [-0.2, -0.15) is 0 Å². The molecule has 8 heteroatoms. The molecule has 0 saturated carbocycles. The Hall–Kier alpha value is -1.25. The first kappa shape index (κ1) is 17.6. The van der Waals surface area contributed by atoms with E-state index in [4.69, 9.17) is 0 Å². The van der Waals surface area contributed by atoms with Crippen LogP contribution in [0, 0.1) is 0 Å². The predicted molar refractivity (Wildman–Crippen MR) is 102 cm³/mol. The Morgan fingerprint density at radius 2 is 2.29 bits per heavy atom. The molecule has 4 rings (SSSR count). The largest absolute Gasteiger partial charge is 0.337 e. The molecule has 1 saturated heterocycles. The van der Waals surface area contributed by atoms with Crippen LogP contribution in [0.1, 0.15) is 16.7 Å². The van der Waals surface area contributed by atoms with Crippen molar-refractivity contribution in [3.05, 3.63) is 46.8 Å². The number of nitrogens with one attached hydrogen (secondary N) is 1. The Balaban J connectivity index is 0.00000169. The number of thiazole rings is 1. The van der Waals surface area contributed by atoms with Gasteiger partial charge in [-0.15, -0.1) is 35.1 Å². The number of hydrogen-bond donors (Lipinski definition) is 1. The molecular weight excluding hydrogens is 362 g/mol. The van der Waals surface area contributed by atoms with Gasteiger partial charge in [0.1, 0.15) is 10.8 Å². The van der Waals surface area contributed by atoms with Crippen LogP contribution < -0.4 is 5.32 Å². The molecule has 0 amide bonds. The molecule has 0 aromatic carbocycles. The fraction of sp³-hybridized carbons (Fsp3) is 0.375. The van der Waals surface area contributed by atoms with Gasteiger partial charge in [0.2, 0.25) is 0 Å². The summed E-state index contributed by atoms with van der Waals surface area (Å²) in [5.41, 5.74) is 0. The molecule has 1 atom stereocenters. The number of rotatable bonds is 4. The Labute approximate surface area is 155 Å². The second-order valence-electron chi connectivity index (χ2n) is 5.70. The standard InChI is InChI=1S/C16H19N5S2.ClH/c1-20-6-5-18-15(20)13-10-17-4-7-21(13)11-12-9-19-16(23-12)14-3-2-8-22-14;/h2-3,5-6,8-9,13,17H,4,7,10-11H2,1H3;1H. The van der Waals surface area contributed by atoms with Crippen LogP contribution in [0.2, 0.25) is 0 Å². The van der Waals surface area contributed by atoms with Gasteiger partial charge in [-0.3, -0.25) is 4.90 Å². The predicted octanol–water partition coefficient (Wildman–Crippen LogP) is 3.17. The lowest BCUT2D eigenvalue weighted by Gasteiger charge is -2.35. The van der Waals surface area contributed by atoms with Crippen molar-refractivity contribution in [2.24, 2.45) is 7.05 Å². The summed E-state index contributed by atoms with van der Waals surface area (Å²) in [6, 6.07) is 4.53. The van der Waals surface area contributed by atoms with Crippen LogP contribution in [0.25, 0.3) is 9.88 Å². The van der Waals surface area contributed by atoms with Gasteiger partial charge >= 0.3 is 0 Å². The lowest BCUT2D eigenvalue weighted by atomic mass is 10.1. The van der Waals surface area contributed by atoms with Crippen LogP contribution >= 0.6 is 35.1 Å². The summed E-state index contributed by atoms with van der Waals surface area (Å²) in [6.07, 6.45) is 5.92. The lowest BCUT2D eigenvalue weighted by Crippen LogP contribution is -2.46. The second-order valence-corrected chi connectivity index (χ2v) is 7.76. The van der Waals surface area contributed by atoms with E-state index >= 15 is 0 Å². The van der Waals surface area contributed by atoms with E-state index in [-0.39, 0.29) is 12.4 Å². The zero-order chi connectivity index (χ0) is 15.6. The van der Waals surface area contributed by atoms with Gasteiger partial charge in [0, 0.05) is 56.7 Å². The van der Waals surface area contributed by atoms with Crippen molar-refractivity contribution in [1.82, 2.24) is 24.8 Å². The highest BCUT2D eigenvalue weighted by molar-refractivity contribution is 7.20. The number of halogens is 1. The van der Waals surface area contributed by atoms with Crippen LogP contribution in [0.3, 0.4) is 0 Å². The Morgan fingerprint density at radius 3 is 3.04 bits per heavy atom. The van der Waals surface area contributed by atoms with Crippen LogP contribution in [-0.2, 0) is 13.6 Å². The summed E-state index contributed by atoms with van der Waals surface area (Å²) in [5.74, 6) is 1.13. The number of hydrogen-bond acceptors (Lipinski definition) is 6. The molecule has 0 radical (unpaired) electrons. The highest BCUT2D eigenvalue weighted by Crippen LogP contribution is 2.31. The maximum Gasteiger partial charge on any atom is 0.133 e. The van der Waals surface area contributed by atoms with Crippen molar-refractivity contribution in [3.63, 3.8) is 0 Å². The highest BCUT2D eigenvalue weighted by Gasteiger charge is 2.27. The minimum atomic E-state index is 0. The number of thiophene rings is 1. The van der Waals surface area contributed by atoms with E-state index < -0.39 is 0 Å². The monoisotopic (exact) mass is 381 g/mol. The molecule has 24 heavy (non-hydrogen) atoms. The topological polar surface area (TPSA) is 46.0 Å². The van der Waals surface area contributed by atoms with Crippen molar-refractivity contribution in [1.29, 1.82) is 0 Å². The fourth-order valence-electron chi connectivity index (χ4n) is 2.98. The van der Waals surface area contributed by atoms with Crippen molar-refractivity contribution in [2.75, 3.05) is 19.6 Å². The quantitative estimate of drug-likeness (QED) is 0.754. The Bertz CT molecular complexity index is 767. The van der Waals surface area contributed by atoms with Gasteiger partial charge < -0.3 is 9.88 Å². The van der Waals surface area contributed by atoms with Crippen LogP contribution in [0.5, 0.6) is 0 Å². The number of piperazine rings is 1. The molecule has 0 spiro atoms. The number of nitrogens with zero attached hydrogens (tertiary/aromatic N) is 4. The van der Waals surface area contributed by atoms with E-state index in [2.05, 4.69) is 49.3 Å². The number of aryl methyl sites for hydroxylation is 1. The maximum absolute atomic E-state index is 4.60. The van der Waals surface area contributed by atoms with Crippen LogP contribution in [-0.4, -0.2) is 39.1 Å². The molecular formula is C16H20ClN5S2. The van der Waals surface area contributed by atoms with Crippen molar-refractivity contribution in [2.45, 2.75) is 12.6 Å². The van der Waals surface area contributed by atoms with Gasteiger partial charge in [0.15, 0.2) is 0 Å². The van der Waals surface area contributed by atoms with Gasteiger partial charge in [0.25, 0.3) is 0 Å². The summed E-state index contributed by atoms with van der Waals surface area (Å²) < 4.78 is 2.12. The van der Waals surface area contributed by atoms with E-state index in [0.29, 0.717) is 6.04 Å². The van der Waals surface area contributed by atoms with E-state index in [9.17, 15) is 0 Å². The van der Waals surface area contributed by atoms with Gasteiger partial charge in [-0.1, -0.05) is 6.07 Å². The van der Waals surface area contributed by atoms with E-state index in [0.717, 1.165) is 37.0 Å². The Kier molecular flexibility index (Phi) is 5.68. The van der Waals surface area contributed by atoms with E-state index in [1.165, 1.54) is 9.75 Å². The molecule has 1 fully saturated rings. The molecule has 1 unspecified atom stereocenters. The normalized spacial score (nSPS) is 18.5. The third kappa shape index (κ3) is 3.55. The highest BCUT2D eigenvalue weighted by atomic mass is 35.5. The zero-order valence-corrected chi connectivity index (χ0v) is 15.8. The Morgan fingerprint density at radius 1 is 1.38 bits per heavy atom. The number of aromatic nitrogens is 3. The molecule has 0 bridgehead atoms. The molecule has 1 aliphatic rings. The lowest BCUT2D eigenvalue weighted by molar-refractivity contribution is 0.146. The summed E-state index contributed by atoms with van der Waals surface area (Å²) in [4.78, 5) is 14.2. The third-order valence-corrected chi connectivity index (χ3v) is 6.18. The number of imidazole rings is 1. The summed E-state index contributed by atoms with van der Waals surface area (Å²) >= 11 is 3.54. The SMILES string of the molecule is Cl.Cn1ccnc1C1CNCCN1Cc1cnc(-c2cccs2)s1. The van der Waals surface area contributed by atoms with Crippen molar-refractivity contribution >= 4 is 35.1 Å². The molecule has 1 N–H and O–H groups in total. The van der Waals surface area contributed by atoms with Gasteiger partial charge in [0.05, 0.1) is 10.9 Å². The molecule has 0 aliphatic carbocycles. The zero-order valence-electron chi connectivity index (χ0n) is 13.4. The first-order chi connectivity index (χ1) is 11.3. The van der Waals surface area contributed by atoms with E-state index in [1.54, 1.807) is 22.7 Å². The minimum Gasteiger partial charge on any atom is -0.337 e. The van der Waals surface area contributed by atoms with Crippen LogP contribution in [0.15, 0.2) is 36.1 Å². The minimum absolute atomic E-state index is 0. The van der Waals surface area contributed by atoms with Gasteiger partial charge in [-0.25, -0.2) is 9.97 Å². The average molecular weight is 382 g/mol. The average Bonchev–Trinajstić information content (AvgIpc) is 3.29. The maximum atomic E-state index is 4.60. The molecule has 3 aromatic heterocycles. The third-order valence-electron chi connectivity index (χ3n) is 4.16. The smallest absolute Gasteiger partial charge is 0.133 e. The molecule has 5 nitrogen and oxygen atoms in total. The first-order valence-electron chi connectivity index (χ1n) is 7.72. The summed E-state index contributed by atoms with van der Waals surface area (Å²) in [6.45, 7) is 3.94. The molecule has 1 aliphatic heterocycles. The molecule has 128 valence electrons. The van der Waals surface area contributed by atoms with Crippen LogP contribution in [0.4, 0.5) is 0 Å². The molecule has 3 aromatic rings. The van der Waals surface area contributed by atoms with Gasteiger partial charge in [-0.05, 0) is 11.4 Å². The first-order valence-corrected chi connectivity index (χ1v) is 9.41. The van der Waals surface area contributed by atoms with Crippen molar-refractivity contribution in [3.8, 4) is 9.88 Å². The van der Waals surface area contributed by atoms with Crippen molar-refractivity contribution < 1.29 is 0 Å². The summed E-state index contributed by atoms with van der Waals surface area (Å²) in [7, 11) is 2.07.